The quantitative estimate of drug-likeness (QED) is 0.871. The molecule has 2 aromatic carbocycles. The molecule has 0 radical (unpaired) electrons. The number of nitrogens with one attached hydrogen (secondary N) is 1. The van der Waals surface area contributed by atoms with Gasteiger partial charge < -0.3 is 5.32 Å². The topological polar surface area (TPSA) is 29.1 Å². The molecule has 0 fully saturated rings. The van der Waals surface area contributed by atoms with Crippen molar-refractivity contribution in [3.8, 4) is 0 Å². The minimum atomic E-state index is -0.395. The lowest BCUT2D eigenvalue weighted by atomic mass is 10.1. The molecule has 0 aliphatic carbocycles. The lowest BCUT2D eigenvalue weighted by Gasteiger charge is -2.09. The van der Waals surface area contributed by atoms with Gasteiger partial charge in [-0.2, -0.15) is 0 Å². The monoisotopic (exact) mass is 317 g/mol. The van der Waals surface area contributed by atoms with Crippen LogP contribution in [0.1, 0.15) is 22.3 Å². The maximum absolute atomic E-state index is 13.7. The van der Waals surface area contributed by atoms with Gasteiger partial charge in [0.05, 0.1) is 11.4 Å². The van der Waals surface area contributed by atoms with E-state index in [1.807, 2.05) is 6.92 Å². The fourth-order valence-electron chi connectivity index (χ4n) is 2.12. The molecule has 2 rings (SSSR count). The highest BCUT2D eigenvalue weighted by atomic mass is 32.2. The number of anilines is 1. The first-order chi connectivity index (χ1) is 10.5. The van der Waals surface area contributed by atoms with Crippen LogP contribution in [0.25, 0.3) is 0 Å². The zero-order valence-corrected chi connectivity index (χ0v) is 13.9. The van der Waals surface area contributed by atoms with Crippen LogP contribution < -0.4 is 5.32 Å². The first-order valence-corrected chi connectivity index (χ1v) is 8.31. The Morgan fingerprint density at radius 1 is 1.09 bits per heavy atom. The molecule has 0 unspecified atom stereocenters. The molecule has 0 aromatic heterocycles. The molecule has 1 N–H and O–H groups in total. The van der Waals surface area contributed by atoms with Crippen molar-refractivity contribution in [1.29, 1.82) is 0 Å². The van der Waals surface area contributed by atoms with Gasteiger partial charge in [-0.1, -0.05) is 29.8 Å². The number of benzene rings is 2. The van der Waals surface area contributed by atoms with Crippen LogP contribution in [0.4, 0.5) is 10.1 Å². The van der Waals surface area contributed by atoms with Crippen LogP contribution in [0.15, 0.2) is 36.4 Å². The normalized spacial score (nSPS) is 10.5. The summed E-state index contributed by atoms with van der Waals surface area (Å²) < 4.78 is 13.7. The SMILES string of the molecule is Cc1ccc(NC(=O)CSCc2cc(C)ccc2C)c(F)c1. The van der Waals surface area contributed by atoms with Crippen molar-refractivity contribution in [2.45, 2.75) is 26.5 Å². The number of amides is 1. The molecule has 2 aromatic rings. The van der Waals surface area contributed by atoms with Gasteiger partial charge in [0.2, 0.25) is 5.91 Å². The molecule has 22 heavy (non-hydrogen) atoms. The number of carbonyl (C=O) groups is 1. The van der Waals surface area contributed by atoms with E-state index in [0.717, 1.165) is 11.3 Å². The predicted octanol–water partition coefficient (Wildman–Crippen LogP) is 4.62. The largest absolute Gasteiger partial charge is 0.323 e. The van der Waals surface area contributed by atoms with Crippen LogP contribution in [0.2, 0.25) is 0 Å². The molecule has 2 nitrogen and oxygen atoms in total. The summed E-state index contributed by atoms with van der Waals surface area (Å²) in [6.07, 6.45) is 0. The Balaban J connectivity index is 1.86. The fourth-order valence-corrected chi connectivity index (χ4v) is 3.01. The van der Waals surface area contributed by atoms with Gasteiger partial charge in [0.25, 0.3) is 0 Å². The summed E-state index contributed by atoms with van der Waals surface area (Å²) in [7, 11) is 0. The van der Waals surface area contributed by atoms with E-state index in [-0.39, 0.29) is 11.6 Å². The van der Waals surface area contributed by atoms with Crippen LogP contribution in [-0.2, 0) is 10.5 Å². The van der Waals surface area contributed by atoms with Gasteiger partial charge in [0, 0.05) is 5.75 Å². The van der Waals surface area contributed by atoms with E-state index >= 15 is 0 Å². The van der Waals surface area contributed by atoms with E-state index in [1.54, 1.807) is 12.1 Å². The van der Waals surface area contributed by atoms with Crippen molar-refractivity contribution in [1.82, 2.24) is 0 Å². The third-order valence-electron chi connectivity index (χ3n) is 3.39. The predicted molar refractivity (Wildman–Crippen MR) is 91.8 cm³/mol. The molecule has 0 bridgehead atoms. The van der Waals surface area contributed by atoms with Crippen LogP contribution in [0, 0.1) is 26.6 Å². The average molecular weight is 317 g/mol. The van der Waals surface area contributed by atoms with E-state index in [4.69, 9.17) is 0 Å². The number of aryl methyl sites for hydroxylation is 3. The molecule has 0 aliphatic heterocycles. The van der Waals surface area contributed by atoms with Gasteiger partial charge >= 0.3 is 0 Å². The number of carbonyl (C=O) groups excluding carboxylic acids is 1. The summed E-state index contributed by atoms with van der Waals surface area (Å²) in [6.45, 7) is 5.94. The zero-order chi connectivity index (χ0) is 16.1. The minimum absolute atomic E-state index is 0.182. The standard InChI is InChI=1S/C18H20FNOS/c1-12-4-6-14(3)15(8-12)10-22-11-18(21)20-17-7-5-13(2)9-16(17)19/h4-9H,10-11H2,1-3H3,(H,20,21). The lowest BCUT2D eigenvalue weighted by molar-refractivity contribution is -0.113. The highest BCUT2D eigenvalue weighted by Gasteiger charge is 2.08. The van der Waals surface area contributed by atoms with E-state index < -0.39 is 5.82 Å². The third kappa shape index (κ3) is 4.60. The molecule has 0 saturated carbocycles. The Morgan fingerprint density at radius 2 is 1.77 bits per heavy atom. The Kier molecular flexibility index (Phi) is 5.61. The van der Waals surface area contributed by atoms with Crippen molar-refractivity contribution in [2.75, 3.05) is 11.1 Å². The van der Waals surface area contributed by atoms with Gasteiger partial charge in [-0.25, -0.2) is 4.39 Å². The molecular weight excluding hydrogens is 297 g/mol. The van der Waals surface area contributed by atoms with Crippen LogP contribution in [0.5, 0.6) is 0 Å². The molecule has 0 saturated heterocycles. The number of rotatable bonds is 5. The van der Waals surface area contributed by atoms with E-state index in [9.17, 15) is 9.18 Å². The second-order valence-corrected chi connectivity index (χ2v) is 6.44. The van der Waals surface area contributed by atoms with Gasteiger partial charge in [0.1, 0.15) is 5.82 Å². The van der Waals surface area contributed by atoms with Crippen molar-refractivity contribution in [3.63, 3.8) is 0 Å². The first kappa shape index (κ1) is 16.6. The summed E-state index contributed by atoms with van der Waals surface area (Å²) in [5.41, 5.74) is 4.75. The van der Waals surface area contributed by atoms with Crippen LogP contribution >= 0.6 is 11.8 Å². The molecule has 0 spiro atoms. The second kappa shape index (κ2) is 7.45. The van der Waals surface area contributed by atoms with Crippen molar-refractivity contribution in [3.05, 3.63) is 64.5 Å². The Labute approximate surface area is 135 Å². The maximum Gasteiger partial charge on any atom is 0.234 e. The fraction of sp³-hybridized carbons (Fsp3) is 0.278. The van der Waals surface area contributed by atoms with Crippen molar-refractivity contribution in [2.24, 2.45) is 0 Å². The van der Waals surface area contributed by atoms with Crippen LogP contribution in [0.3, 0.4) is 0 Å². The van der Waals surface area contributed by atoms with Crippen molar-refractivity contribution >= 4 is 23.4 Å². The molecule has 0 atom stereocenters. The molecule has 1 amide bonds. The van der Waals surface area contributed by atoms with E-state index in [2.05, 4.69) is 37.4 Å². The Morgan fingerprint density at radius 3 is 2.50 bits per heavy atom. The summed E-state index contributed by atoms with van der Waals surface area (Å²) in [6, 6.07) is 11.1. The highest BCUT2D eigenvalue weighted by Crippen LogP contribution is 2.19. The number of thioether (sulfide) groups is 1. The Hall–Kier alpha value is -1.81. The summed E-state index contributed by atoms with van der Waals surface area (Å²) in [5.74, 6) is 0.504. The average Bonchev–Trinajstić information content (AvgIpc) is 2.46. The third-order valence-corrected chi connectivity index (χ3v) is 4.38. The molecule has 0 heterocycles. The van der Waals surface area contributed by atoms with Gasteiger partial charge in [0.15, 0.2) is 0 Å². The number of hydrogen-bond donors (Lipinski definition) is 1. The molecule has 0 aliphatic rings. The first-order valence-electron chi connectivity index (χ1n) is 7.15. The second-order valence-electron chi connectivity index (χ2n) is 5.45. The van der Waals surface area contributed by atoms with E-state index in [1.165, 1.54) is 34.5 Å². The summed E-state index contributed by atoms with van der Waals surface area (Å²) >= 11 is 1.53. The van der Waals surface area contributed by atoms with Crippen molar-refractivity contribution < 1.29 is 9.18 Å². The van der Waals surface area contributed by atoms with Gasteiger partial charge in [-0.3, -0.25) is 4.79 Å². The maximum atomic E-state index is 13.7. The summed E-state index contributed by atoms with van der Waals surface area (Å²) in [4.78, 5) is 11.9. The smallest absolute Gasteiger partial charge is 0.234 e. The molecule has 116 valence electrons. The number of hydrogen-bond acceptors (Lipinski definition) is 2. The minimum Gasteiger partial charge on any atom is -0.323 e. The van der Waals surface area contributed by atoms with Crippen LogP contribution in [-0.4, -0.2) is 11.7 Å². The zero-order valence-electron chi connectivity index (χ0n) is 13.1. The lowest BCUT2D eigenvalue weighted by Crippen LogP contribution is -2.15. The summed E-state index contributed by atoms with van der Waals surface area (Å²) in [5, 5.41) is 2.61. The molecule has 4 heteroatoms. The van der Waals surface area contributed by atoms with E-state index in [0.29, 0.717) is 5.75 Å². The number of halogens is 1. The van der Waals surface area contributed by atoms with Gasteiger partial charge in [-0.15, -0.1) is 11.8 Å². The highest BCUT2D eigenvalue weighted by molar-refractivity contribution is 7.99. The van der Waals surface area contributed by atoms with Gasteiger partial charge in [-0.05, 0) is 49.6 Å². The Bertz CT molecular complexity index is 685. The molecular formula is C18H20FNOS.